The Balaban J connectivity index is 3.59. The van der Waals surface area contributed by atoms with E-state index in [0.717, 1.165) is 12.8 Å². The molecule has 0 fully saturated rings. The van der Waals surface area contributed by atoms with Crippen LogP contribution in [0.25, 0.3) is 0 Å². The predicted molar refractivity (Wildman–Crippen MR) is 67.6 cm³/mol. The van der Waals surface area contributed by atoms with Crippen molar-refractivity contribution >= 4 is 18.5 Å². The Hall–Kier alpha value is -1.39. The minimum absolute atomic E-state index is 0.417. The topological polar surface area (TPSA) is 65.8 Å². The van der Waals surface area contributed by atoms with E-state index in [-0.39, 0.29) is 0 Å². The molecule has 0 rings (SSSR count). The van der Waals surface area contributed by atoms with Gasteiger partial charge in [0.05, 0.1) is 0 Å². The van der Waals surface area contributed by atoms with Crippen molar-refractivity contribution in [3.63, 3.8) is 0 Å². The molecule has 0 aliphatic carbocycles. The Morgan fingerprint density at radius 3 is 1.69 bits per heavy atom. The third-order valence-corrected chi connectivity index (χ3v) is 1.67. The van der Waals surface area contributed by atoms with Crippen LogP contribution >= 0.6 is 0 Å². The van der Waals surface area contributed by atoms with Crippen LogP contribution in [0.5, 0.6) is 0 Å². The molecule has 0 spiro atoms. The Kier molecular flexibility index (Phi) is 8.11. The van der Waals surface area contributed by atoms with Crippen LogP contribution in [0.1, 0.15) is 40.5 Å². The summed E-state index contributed by atoms with van der Waals surface area (Å²) in [5, 5.41) is 7.53. The summed E-state index contributed by atoms with van der Waals surface area (Å²) in [6.45, 7) is 8.34. The normalized spacial score (nSPS) is 11.9. The lowest BCUT2D eigenvalue weighted by molar-refractivity contribution is 0.242. The first-order chi connectivity index (χ1) is 7.52. The molecule has 2 amide bonds. The Bertz CT molecular complexity index is 222. The van der Waals surface area contributed by atoms with E-state index in [1.165, 1.54) is 0 Å². The second kappa shape index (κ2) is 8.88. The van der Waals surface area contributed by atoms with Crippen molar-refractivity contribution in [3.8, 4) is 0 Å². The van der Waals surface area contributed by atoms with Crippen LogP contribution in [0.15, 0.2) is 10.2 Å². The van der Waals surface area contributed by atoms with Crippen LogP contribution in [0.2, 0.25) is 0 Å². The second-order valence-corrected chi connectivity index (χ2v) is 4.44. The lowest BCUT2D eigenvalue weighted by atomic mass is 10.2. The zero-order valence-corrected chi connectivity index (χ0v) is 10.5. The fourth-order valence-electron chi connectivity index (χ4n) is 0.761. The molecule has 0 saturated carbocycles. The quantitative estimate of drug-likeness (QED) is 0.530. The number of hydrogen-bond acceptors (Lipinski definition) is 3. The molecule has 2 N–H and O–H groups in total. The summed E-state index contributed by atoms with van der Waals surface area (Å²) in [7, 11) is 0. The van der Waals surface area contributed by atoms with Gasteiger partial charge in [0.2, 0.25) is 0 Å². The van der Waals surface area contributed by atoms with E-state index in [4.69, 9.17) is 0 Å². The smallest absolute Gasteiger partial charge is 0.245 e. The number of amides is 2. The lowest BCUT2D eigenvalue weighted by Gasteiger charge is -1.99. The molecule has 0 unspecified atom stereocenters. The van der Waals surface area contributed by atoms with E-state index in [0.29, 0.717) is 11.8 Å². The molecule has 5 nitrogen and oxygen atoms in total. The van der Waals surface area contributed by atoms with Crippen molar-refractivity contribution < 1.29 is 4.79 Å². The van der Waals surface area contributed by atoms with Crippen molar-refractivity contribution in [1.82, 2.24) is 10.9 Å². The van der Waals surface area contributed by atoms with E-state index >= 15 is 0 Å². The third kappa shape index (κ3) is 10.7. The standard InChI is InChI=1S/C11H22N4O/c1-9(2)5-7-12-14-11(16)15-13-8-6-10(3)4/h7-10H,5-6H2,1-4H3,(H2,14,15,16). The highest BCUT2D eigenvalue weighted by Gasteiger charge is 1.94. The van der Waals surface area contributed by atoms with E-state index in [1.54, 1.807) is 12.4 Å². The molecule has 92 valence electrons. The largest absolute Gasteiger partial charge is 0.355 e. The molecule has 16 heavy (non-hydrogen) atoms. The molecule has 0 aliphatic heterocycles. The molecule has 0 radical (unpaired) electrons. The maximum absolute atomic E-state index is 11.1. The molecular formula is C11H22N4O. The number of hydrogen-bond donors (Lipinski definition) is 2. The Labute approximate surface area is 97.4 Å². The van der Waals surface area contributed by atoms with Crippen molar-refractivity contribution in [3.05, 3.63) is 0 Å². The minimum Gasteiger partial charge on any atom is -0.245 e. The number of carbonyl (C=O) groups excluding carboxylic acids is 1. The predicted octanol–water partition coefficient (Wildman–Crippen LogP) is 2.35. The zero-order chi connectivity index (χ0) is 12.4. The number of hydrazone groups is 2. The molecule has 0 aliphatic rings. The number of rotatable bonds is 6. The monoisotopic (exact) mass is 226 g/mol. The molecular weight excluding hydrogens is 204 g/mol. The first kappa shape index (κ1) is 14.6. The average Bonchev–Trinajstić information content (AvgIpc) is 2.19. The van der Waals surface area contributed by atoms with Crippen LogP contribution in [0.3, 0.4) is 0 Å². The van der Waals surface area contributed by atoms with Gasteiger partial charge in [0, 0.05) is 12.4 Å². The van der Waals surface area contributed by atoms with Gasteiger partial charge in [-0.05, 0) is 24.7 Å². The van der Waals surface area contributed by atoms with Crippen LogP contribution in [0.4, 0.5) is 4.79 Å². The van der Waals surface area contributed by atoms with Gasteiger partial charge in [-0.25, -0.2) is 15.6 Å². The molecule has 0 aromatic rings. The molecule has 0 bridgehead atoms. The lowest BCUT2D eigenvalue weighted by Crippen LogP contribution is -2.28. The summed E-state index contributed by atoms with van der Waals surface area (Å²) in [4.78, 5) is 11.1. The van der Waals surface area contributed by atoms with Crippen molar-refractivity contribution in [2.75, 3.05) is 0 Å². The summed E-state index contributed by atoms with van der Waals surface area (Å²) < 4.78 is 0. The van der Waals surface area contributed by atoms with Crippen molar-refractivity contribution in [2.24, 2.45) is 22.0 Å². The minimum atomic E-state index is -0.417. The molecule has 0 aromatic carbocycles. The van der Waals surface area contributed by atoms with Crippen LogP contribution in [0, 0.1) is 11.8 Å². The average molecular weight is 226 g/mol. The Morgan fingerprint density at radius 2 is 1.38 bits per heavy atom. The van der Waals surface area contributed by atoms with Gasteiger partial charge in [0.25, 0.3) is 0 Å². The van der Waals surface area contributed by atoms with E-state index < -0.39 is 6.03 Å². The van der Waals surface area contributed by atoms with Crippen molar-refractivity contribution in [1.29, 1.82) is 0 Å². The molecule has 0 saturated heterocycles. The third-order valence-electron chi connectivity index (χ3n) is 1.67. The summed E-state index contributed by atoms with van der Waals surface area (Å²) in [6, 6.07) is -0.417. The molecule has 0 atom stereocenters. The van der Waals surface area contributed by atoms with Gasteiger partial charge in [0.15, 0.2) is 0 Å². The van der Waals surface area contributed by atoms with Crippen LogP contribution < -0.4 is 10.9 Å². The maximum atomic E-state index is 11.1. The second-order valence-electron chi connectivity index (χ2n) is 4.44. The highest BCUT2D eigenvalue weighted by molar-refractivity contribution is 5.75. The van der Waals surface area contributed by atoms with Crippen LogP contribution in [-0.4, -0.2) is 18.5 Å². The van der Waals surface area contributed by atoms with Gasteiger partial charge in [-0.2, -0.15) is 10.2 Å². The number of nitrogens with zero attached hydrogens (tertiary/aromatic N) is 2. The van der Waals surface area contributed by atoms with Gasteiger partial charge in [-0.15, -0.1) is 0 Å². The van der Waals surface area contributed by atoms with Crippen molar-refractivity contribution in [2.45, 2.75) is 40.5 Å². The van der Waals surface area contributed by atoms with E-state index in [9.17, 15) is 4.79 Å². The number of urea groups is 1. The fraction of sp³-hybridized carbons (Fsp3) is 0.727. The van der Waals surface area contributed by atoms with Crippen LogP contribution in [-0.2, 0) is 0 Å². The molecule has 5 heteroatoms. The van der Waals surface area contributed by atoms with Gasteiger partial charge in [-0.1, -0.05) is 27.7 Å². The molecule has 0 aromatic heterocycles. The number of nitrogens with one attached hydrogen (secondary N) is 2. The zero-order valence-electron chi connectivity index (χ0n) is 10.5. The summed E-state index contributed by atoms with van der Waals surface area (Å²) >= 11 is 0. The van der Waals surface area contributed by atoms with E-state index in [2.05, 4.69) is 48.7 Å². The first-order valence-electron chi connectivity index (χ1n) is 5.61. The molecule has 0 heterocycles. The summed E-state index contributed by atoms with van der Waals surface area (Å²) in [6.07, 6.45) is 5.05. The first-order valence-corrected chi connectivity index (χ1v) is 5.61. The SMILES string of the molecule is CC(C)CC=NNC(=O)NN=CCC(C)C. The van der Waals surface area contributed by atoms with Gasteiger partial charge in [0.1, 0.15) is 0 Å². The summed E-state index contributed by atoms with van der Waals surface area (Å²) in [5.74, 6) is 1.08. The fourth-order valence-corrected chi connectivity index (χ4v) is 0.761. The Morgan fingerprint density at radius 1 is 1.00 bits per heavy atom. The summed E-state index contributed by atoms with van der Waals surface area (Å²) in [5.41, 5.74) is 4.66. The highest BCUT2D eigenvalue weighted by atomic mass is 16.2. The van der Waals surface area contributed by atoms with Gasteiger partial charge >= 0.3 is 6.03 Å². The number of carbonyl (C=O) groups is 1. The van der Waals surface area contributed by atoms with Gasteiger partial charge < -0.3 is 0 Å². The van der Waals surface area contributed by atoms with Gasteiger partial charge in [-0.3, -0.25) is 0 Å². The maximum Gasteiger partial charge on any atom is 0.355 e. The highest BCUT2D eigenvalue weighted by Crippen LogP contribution is 1.94. The van der Waals surface area contributed by atoms with E-state index in [1.807, 2.05) is 0 Å².